The molecule has 1 rings (SSSR count). The predicted molar refractivity (Wildman–Crippen MR) is 73.0 cm³/mol. The smallest absolute Gasteiger partial charge is 0.408 e. The van der Waals surface area contributed by atoms with E-state index in [1.165, 1.54) is 12.2 Å². The van der Waals surface area contributed by atoms with Gasteiger partial charge in [0.2, 0.25) is 0 Å². The average molecular weight is 283 g/mol. The topological polar surface area (TPSA) is 84.9 Å². The third-order valence-electron chi connectivity index (χ3n) is 2.44. The number of allylic oxidation sites excluding steroid dienone is 2. The van der Waals surface area contributed by atoms with E-state index in [-0.39, 0.29) is 12.2 Å². The number of alkyl carbamates (subject to hydrolysis) is 1. The van der Waals surface area contributed by atoms with E-state index >= 15 is 0 Å². The van der Waals surface area contributed by atoms with E-state index in [1.807, 2.05) is 0 Å². The molecule has 0 aromatic carbocycles. The third-order valence-corrected chi connectivity index (χ3v) is 2.44. The molecule has 0 unspecified atom stereocenters. The van der Waals surface area contributed by atoms with Crippen LogP contribution in [0.2, 0.25) is 0 Å². The zero-order chi connectivity index (χ0) is 15.3. The van der Waals surface area contributed by atoms with Crippen molar-refractivity contribution in [2.45, 2.75) is 45.4 Å². The first-order valence-electron chi connectivity index (χ1n) is 6.47. The molecule has 0 radical (unpaired) electrons. The monoisotopic (exact) mass is 283 g/mol. The molecule has 2 N–H and O–H groups in total. The Morgan fingerprint density at radius 2 is 2.05 bits per heavy atom. The summed E-state index contributed by atoms with van der Waals surface area (Å²) in [6.45, 7) is 7.09. The molecule has 0 aliphatic heterocycles. The number of hydrogen-bond donors (Lipinski definition) is 2. The molecule has 6 nitrogen and oxygen atoms in total. The summed E-state index contributed by atoms with van der Waals surface area (Å²) in [5, 5.41) is 12.4. The van der Waals surface area contributed by atoms with Gasteiger partial charge in [-0.15, -0.1) is 0 Å². The predicted octanol–water partition coefficient (Wildman–Crippen LogP) is 1.30. The van der Waals surface area contributed by atoms with E-state index in [4.69, 9.17) is 9.47 Å². The van der Waals surface area contributed by atoms with Gasteiger partial charge in [0.25, 0.3) is 0 Å². The Morgan fingerprint density at radius 1 is 1.40 bits per heavy atom. The van der Waals surface area contributed by atoms with Crippen LogP contribution in [0.25, 0.3) is 0 Å². The van der Waals surface area contributed by atoms with Crippen LogP contribution in [-0.2, 0) is 14.3 Å². The fourth-order valence-corrected chi connectivity index (χ4v) is 1.68. The molecule has 0 spiro atoms. The van der Waals surface area contributed by atoms with Crippen LogP contribution < -0.4 is 5.32 Å². The van der Waals surface area contributed by atoms with E-state index in [2.05, 4.69) is 5.32 Å². The van der Waals surface area contributed by atoms with Crippen LogP contribution in [0, 0.1) is 0 Å². The molecular formula is C14H21NO5. The van der Waals surface area contributed by atoms with Crippen molar-refractivity contribution in [1.29, 1.82) is 0 Å². The van der Waals surface area contributed by atoms with Gasteiger partial charge in [0.15, 0.2) is 0 Å². The maximum atomic E-state index is 11.8. The molecule has 112 valence electrons. The second-order valence-electron chi connectivity index (χ2n) is 5.34. The van der Waals surface area contributed by atoms with Crippen LogP contribution in [0.5, 0.6) is 0 Å². The lowest BCUT2D eigenvalue weighted by atomic mass is 9.96. The highest BCUT2D eigenvalue weighted by Gasteiger charge is 2.31. The van der Waals surface area contributed by atoms with E-state index in [9.17, 15) is 14.7 Å². The number of carbonyl (C=O) groups excluding carboxylic acids is 2. The largest absolute Gasteiger partial charge is 0.463 e. The molecule has 2 atom stereocenters. The molecule has 1 aliphatic carbocycles. The number of nitrogens with one attached hydrogen (secondary N) is 1. The molecule has 0 saturated heterocycles. The van der Waals surface area contributed by atoms with Crippen molar-refractivity contribution in [3.05, 3.63) is 23.8 Å². The SMILES string of the molecule is CCOC(=O)C1=CC=C[C@H](O)[C@@H]1NC(=O)OC(C)(C)C. The normalized spacial score (nSPS) is 21.9. The number of amides is 1. The second-order valence-corrected chi connectivity index (χ2v) is 5.34. The quantitative estimate of drug-likeness (QED) is 0.763. The Hall–Kier alpha value is -1.82. The fourth-order valence-electron chi connectivity index (χ4n) is 1.68. The van der Waals surface area contributed by atoms with Gasteiger partial charge >= 0.3 is 12.1 Å². The van der Waals surface area contributed by atoms with Crippen molar-refractivity contribution in [2.24, 2.45) is 0 Å². The highest BCUT2D eigenvalue weighted by molar-refractivity contribution is 5.91. The summed E-state index contributed by atoms with van der Waals surface area (Å²) in [7, 11) is 0. The maximum Gasteiger partial charge on any atom is 0.408 e. The second kappa shape index (κ2) is 6.56. The minimum Gasteiger partial charge on any atom is -0.463 e. The van der Waals surface area contributed by atoms with Crippen molar-refractivity contribution in [3.8, 4) is 0 Å². The Labute approximate surface area is 118 Å². The molecular weight excluding hydrogens is 262 g/mol. The Bertz CT molecular complexity index is 433. The third kappa shape index (κ3) is 4.70. The van der Waals surface area contributed by atoms with Crippen molar-refractivity contribution in [3.63, 3.8) is 0 Å². The lowest BCUT2D eigenvalue weighted by Gasteiger charge is -2.27. The minimum absolute atomic E-state index is 0.188. The first kappa shape index (κ1) is 16.2. The lowest BCUT2D eigenvalue weighted by molar-refractivity contribution is -0.139. The van der Waals surface area contributed by atoms with E-state index in [0.29, 0.717) is 0 Å². The highest BCUT2D eigenvalue weighted by atomic mass is 16.6. The van der Waals surface area contributed by atoms with E-state index in [0.717, 1.165) is 0 Å². The summed E-state index contributed by atoms with van der Waals surface area (Å²) in [5.41, 5.74) is -0.472. The molecule has 20 heavy (non-hydrogen) atoms. The number of ether oxygens (including phenoxy) is 2. The number of rotatable bonds is 3. The van der Waals surface area contributed by atoms with Crippen LogP contribution >= 0.6 is 0 Å². The molecule has 0 heterocycles. The number of hydrogen-bond acceptors (Lipinski definition) is 5. The van der Waals surface area contributed by atoms with Gasteiger partial charge in [-0.2, -0.15) is 0 Å². The van der Waals surface area contributed by atoms with Gasteiger partial charge in [-0.1, -0.05) is 12.2 Å². The molecule has 1 amide bonds. The zero-order valence-corrected chi connectivity index (χ0v) is 12.2. The Balaban J connectivity index is 2.79. The van der Waals surface area contributed by atoms with Crippen LogP contribution in [0.1, 0.15) is 27.7 Å². The standard InChI is InChI=1S/C14H21NO5/c1-5-19-12(17)9-7-6-8-10(16)11(9)15-13(18)20-14(2,3)4/h6-8,10-11,16H,5H2,1-4H3,(H,15,18)/t10-,11+/m0/s1. The molecule has 0 fully saturated rings. The number of esters is 1. The van der Waals surface area contributed by atoms with E-state index < -0.39 is 29.8 Å². The summed E-state index contributed by atoms with van der Waals surface area (Å²) < 4.78 is 10.0. The summed E-state index contributed by atoms with van der Waals surface area (Å²) in [5.74, 6) is -0.572. The van der Waals surface area contributed by atoms with Gasteiger partial charge < -0.3 is 19.9 Å². The van der Waals surface area contributed by atoms with Crippen molar-refractivity contribution in [1.82, 2.24) is 5.32 Å². The van der Waals surface area contributed by atoms with Gasteiger partial charge in [-0.3, -0.25) is 0 Å². The summed E-state index contributed by atoms with van der Waals surface area (Å²) >= 11 is 0. The van der Waals surface area contributed by atoms with Gasteiger partial charge in [-0.05, 0) is 33.8 Å². The Morgan fingerprint density at radius 3 is 2.60 bits per heavy atom. The molecule has 0 aromatic rings. The van der Waals surface area contributed by atoms with Gasteiger partial charge in [0, 0.05) is 0 Å². The van der Waals surface area contributed by atoms with E-state index in [1.54, 1.807) is 33.8 Å². The minimum atomic E-state index is -1.01. The van der Waals surface area contributed by atoms with Crippen molar-refractivity contribution >= 4 is 12.1 Å². The zero-order valence-electron chi connectivity index (χ0n) is 12.2. The molecule has 0 bridgehead atoms. The first-order valence-corrected chi connectivity index (χ1v) is 6.47. The van der Waals surface area contributed by atoms with Crippen molar-refractivity contribution in [2.75, 3.05) is 6.61 Å². The number of aliphatic hydroxyl groups excluding tert-OH is 1. The first-order chi connectivity index (χ1) is 9.24. The van der Waals surface area contributed by atoms with Gasteiger partial charge in [-0.25, -0.2) is 9.59 Å². The van der Waals surface area contributed by atoms with Crippen LogP contribution in [0.3, 0.4) is 0 Å². The molecule has 1 aliphatic rings. The van der Waals surface area contributed by atoms with Crippen LogP contribution in [0.15, 0.2) is 23.8 Å². The van der Waals surface area contributed by atoms with Gasteiger partial charge in [0.05, 0.1) is 24.3 Å². The lowest BCUT2D eigenvalue weighted by Crippen LogP contribution is -2.48. The molecule has 6 heteroatoms. The highest BCUT2D eigenvalue weighted by Crippen LogP contribution is 2.17. The average Bonchev–Trinajstić information content (AvgIpc) is 2.29. The fraction of sp³-hybridized carbons (Fsp3) is 0.571. The number of aliphatic hydroxyl groups is 1. The van der Waals surface area contributed by atoms with Crippen molar-refractivity contribution < 1.29 is 24.2 Å². The summed E-state index contributed by atoms with van der Waals surface area (Å²) in [6.07, 6.45) is 2.82. The summed E-state index contributed by atoms with van der Waals surface area (Å²) in [6, 6.07) is -0.881. The van der Waals surface area contributed by atoms with Gasteiger partial charge in [0.1, 0.15) is 5.60 Å². The van der Waals surface area contributed by atoms with Crippen LogP contribution in [-0.4, -0.2) is 41.5 Å². The van der Waals surface area contributed by atoms with Crippen LogP contribution in [0.4, 0.5) is 4.79 Å². The molecule has 0 aromatic heterocycles. The summed E-state index contributed by atoms with van der Waals surface area (Å²) in [4.78, 5) is 23.5. The molecule has 0 saturated carbocycles. The Kier molecular flexibility index (Phi) is 5.33. The maximum absolute atomic E-state index is 11.8. The number of carbonyl (C=O) groups is 2.